The lowest BCUT2D eigenvalue weighted by Crippen LogP contribution is -2.34. The molecule has 2 aromatic heterocycles. The smallest absolute Gasteiger partial charge is 0.269 e. The fraction of sp³-hybridized carbons (Fsp3) is 0.158. The minimum Gasteiger partial charge on any atom is -0.269 e. The molecule has 11 heteroatoms. The van der Waals surface area contributed by atoms with Gasteiger partial charge in [0.15, 0.2) is 5.82 Å². The quantitative estimate of drug-likeness (QED) is 0.613. The van der Waals surface area contributed by atoms with Gasteiger partial charge in [0.2, 0.25) is 0 Å². The van der Waals surface area contributed by atoms with Crippen LogP contribution in [0.5, 0.6) is 0 Å². The Morgan fingerprint density at radius 3 is 2.20 bits per heavy atom. The zero-order valence-electron chi connectivity index (χ0n) is 15.3. The molecule has 1 aliphatic heterocycles. The summed E-state index contributed by atoms with van der Waals surface area (Å²) in [6, 6.07) is 9.42. The largest absolute Gasteiger partial charge is 0.453 e. The number of imide groups is 1. The number of aromatic nitrogens is 4. The van der Waals surface area contributed by atoms with Crippen molar-refractivity contribution in [3.63, 3.8) is 0 Å². The van der Waals surface area contributed by atoms with Gasteiger partial charge >= 0.3 is 6.18 Å². The van der Waals surface area contributed by atoms with E-state index in [1.807, 2.05) is 0 Å². The Bertz CT molecular complexity index is 1180. The van der Waals surface area contributed by atoms with E-state index in [-0.39, 0.29) is 28.3 Å². The number of halogens is 3. The minimum atomic E-state index is -4.85. The molecule has 1 unspecified atom stereocenters. The van der Waals surface area contributed by atoms with Gasteiger partial charge in [0.1, 0.15) is 11.8 Å². The summed E-state index contributed by atoms with van der Waals surface area (Å²) in [6.45, 7) is 1.39. The summed E-state index contributed by atoms with van der Waals surface area (Å²) in [4.78, 5) is 33.7. The Morgan fingerprint density at radius 2 is 1.70 bits per heavy atom. The van der Waals surface area contributed by atoms with E-state index in [2.05, 4.69) is 15.1 Å². The van der Waals surface area contributed by atoms with Crippen molar-refractivity contribution >= 4 is 11.8 Å². The van der Waals surface area contributed by atoms with Gasteiger partial charge in [-0.1, -0.05) is 12.1 Å². The molecule has 4 rings (SSSR count). The van der Waals surface area contributed by atoms with Gasteiger partial charge in [0.05, 0.1) is 29.1 Å². The Balaban J connectivity index is 1.82. The normalized spacial score (nSPS) is 14.6. The second-order valence-electron chi connectivity index (χ2n) is 6.42. The first-order chi connectivity index (χ1) is 14.2. The average molecular weight is 412 g/mol. The maximum atomic E-state index is 13.3. The van der Waals surface area contributed by atoms with Crippen LogP contribution in [-0.2, 0) is 6.18 Å². The van der Waals surface area contributed by atoms with Crippen LogP contribution in [0.25, 0.3) is 5.69 Å². The number of fused-ring (bicyclic) bond motifs is 1. The summed E-state index contributed by atoms with van der Waals surface area (Å²) >= 11 is 0. The Labute approximate surface area is 167 Å². The fourth-order valence-corrected chi connectivity index (χ4v) is 3.16. The van der Waals surface area contributed by atoms with Crippen molar-refractivity contribution in [1.82, 2.24) is 24.6 Å². The molecule has 1 atom stereocenters. The third-order valence-corrected chi connectivity index (χ3v) is 4.58. The predicted octanol–water partition coefficient (Wildman–Crippen LogP) is 2.91. The number of carbonyl (C=O) groups is 2. The van der Waals surface area contributed by atoms with E-state index in [0.717, 1.165) is 15.8 Å². The van der Waals surface area contributed by atoms with Gasteiger partial charge in [-0.15, -0.1) is 5.10 Å². The van der Waals surface area contributed by atoms with Crippen molar-refractivity contribution in [2.45, 2.75) is 19.1 Å². The first-order valence-electron chi connectivity index (χ1n) is 8.60. The maximum Gasteiger partial charge on any atom is 0.453 e. The van der Waals surface area contributed by atoms with Crippen LogP contribution in [0.3, 0.4) is 0 Å². The zero-order chi connectivity index (χ0) is 21.6. The van der Waals surface area contributed by atoms with E-state index in [9.17, 15) is 22.8 Å². The number of carbonyl (C=O) groups excluding carboxylic acids is 2. The van der Waals surface area contributed by atoms with E-state index in [1.165, 1.54) is 31.2 Å². The molecule has 3 aromatic rings. The fourth-order valence-electron chi connectivity index (χ4n) is 3.16. The van der Waals surface area contributed by atoms with Crippen LogP contribution in [0.2, 0.25) is 0 Å². The SMILES string of the molecule is CC(c1nc(C(F)(F)F)nn1-c1ccc(C#N)nc1)N1C(=O)c2ccccc2C1=O. The van der Waals surface area contributed by atoms with Gasteiger partial charge in [-0.2, -0.15) is 18.4 Å². The first-order valence-corrected chi connectivity index (χ1v) is 8.60. The van der Waals surface area contributed by atoms with Crippen LogP contribution in [0.15, 0.2) is 42.6 Å². The molecule has 0 N–H and O–H groups in total. The molecule has 0 aliphatic carbocycles. The third kappa shape index (κ3) is 2.98. The van der Waals surface area contributed by atoms with E-state index < -0.39 is 29.9 Å². The molecule has 8 nitrogen and oxygen atoms in total. The topological polar surface area (TPSA) is 105 Å². The number of nitrogens with zero attached hydrogens (tertiary/aromatic N) is 6. The second kappa shape index (κ2) is 6.77. The van der Waals surface area contributed by atoms with Crippen LogP contribution in [0.4, 0.5) is 13.2 Å². The highest BCUT2D eigenvalue weighted by Gasteiger charge is 2.43. The van der Waals surface area contributed by atoms with Crippen LogP contribution in [-0.4, -0.2) is 36.5 Å². The van der Waals surface area contributed by atoms with Crippen LogP contribution in [0, 0.1) is 11.3 Å². The van der Waals surface area contributed by atoms with Gasteiger partial charge in [0.25, 0.3) is 17.6 Å². The minimum absolute atomic E-state index is 0.0601. The Kier molecular flexibility index (Phi) is 4.34. The summed E-state index contributed by atoms with van der Waals surface area (Å²) in [6.07, 6.45) is -3.69. The number of hydrogen-bond donors (Lipinski definition) is 0. The van der Waals surface area contributed by atoms with Crippen molar-refractivity contribution in [1.29, 1.82) is 5.26 Å². The van der Waals surface area contributed by atoms with Crippen molar-refractivity contribution in [3.05, 3.63) is 71.1 Å². The first kappa shape index (κ1) is 19.3. The molecule has 0 saturated heterocycles. The molecule has 2 amide bonds. The summed E-state index contributed by atoms with van der Waals surface area (Å²) in [5.41, 5.74) is 0.480. The van der Waals surface area contributed by atoms with Gasteiger partial charge < -0.3 is 0 Å². The molecular weight excluding hydrogens is 401 g/mol. The number of pyridine rings is 1. The lowest BCUT2D eigenvalue weighted by molar-refractivity contribution is -0.144. The summed E-state index contributed by atoms with van der Waals surface area (Å²) in [7, 11) is 0. The molecule has 0 bridgehead atoms. The number of nitriles is 1. The zero-order valence-corrected chi connectivity index (χ0v) is 15.3. The van der Waals surface area contributed by atoms with Crippen molar-refractivity contribution < 1.29 is 22.8 Å². The van der Waals surface area contributed by atoms with Gasteiger partial charge in [-0.25, -0.2) is 14.6 Å². The van der Waals surface area contributed by atoms with Gasteiger partial charge in [-0.3, -0.25) is 14.5 Å². The molecular formula is C19H11F3N6O2. The molecule has 0 spiro atoms. The average Bonchev–Trinajstić information content (AvgIpc) is 3.29. The lowest BCUT2D eigenvalue weighted by Gasteiger charge is -2.22. The van der Waals surface area contributed by atoms with Gasteiger partial charge in [0, 0.05) is 0 Å². The summed E-state index contributed by atoms with van der Waals surface area (Å²) < 4.78 is 40.7. The molecule has 0 radical (unpaired) electrons. The van der Waals surface area contributed by atoms with Crippen molar-refractivity contribution in [2.24, 2.45) is 0 Å². The third-order valence-electron chi connectivity index (χ3n) is 4.58. The molecule has 0 fully saturated rings. The van der Waals surface area contributed by atoms with Crippen LogP contribution >= 0.6 is 0 Å². The highest BCUT2D eigenvalue weighted by atomic mass is 19.4. The molecule has 0 saturated carbocycles. The monoisotopic (exact) mass is 412 g/mol. The molecule has 1 aromatic carbocycles. The standard InChI is InChI=1S/C19H11F3N6O2/c1-10(27-16(29)13-4-2-3-5-14(13)17(27)30)15-25-18(19(20,21)22)26-28(15)12-7-6-11(8-23)24-9-12/h2-7,9-10H,1H3. The Hall–Kier alpha value is -4.07. The highest BCUT2D eigenvalue weighted by Crippen LogP contribution is 2.33. The van der Waals surface area contributed by atoms with E-state index in [0.29, 0.717) is 0 Å². The van der Waals surface area contributed by atoms with Gasteiger partial charge in [-0.05, 0) is 31.2 Å². The van der Waals surface area contributed by atoms with Crippen molar-refractivity contribution in [2.75, 3.05) is 0 Å². The van der Waals surface area contributed by atoms with Crippen molar-refractivity contribution in [3.8, 4) is 11.8 Å². The summed E-state index contributed by atoms with van der Waals surface area (Å²) in [5.74, 6) is -2.97. The Morgan fingerprint density at radius 1 is 1.07 bits per heavy atom. The predicted molar refractivity (Wildman–Crippen MR) is 94.2 cm³/mol. The number of alkyl halides is 3. The highest BCUT2D eigenvalue weighted by molar-refractivity contribution is 6.21. The maximum absolute atomic E-state index is 13.3. The number of rotatable bonds is 3. The number of hydrogen-bond acceptors (Lipinski definition) is 6. The van der Waals surface area contributed by atoms with E-state index in [1.54, 1.807) is 18.2 Å². The van der Waals surface area contributed by atoms with E-state index in [4.69, 9.17) is 5.26 Å². The molecule has 3 heterocycles. The number of amides is 2. The molecule has 30 heavy (non-hydrogen) atoms. The summed E-state index contributed by atoms with van der Waals surface area (Å²) in [5, 5.41) is 12.4. The molecule has 150 valence electrons. The van der Waals surface area contributed by atoms with E-state index >= 15 is 0 Å². The second-order valence-corrected chi connectivity index (χ2v) is 6.42. The van der Waals surface area contributed by atoms with Crippen LogP contribution < -0.4 is 0 Å². The number of benzene rings is 1. The molecule has 1 aliphatic rings. The lowest BCUT2D eigenvalue weighted by atomic mass is 10.1. The van der Waals surface area contributed by atoms with Crippen LogP contribution in [0.1, 0.15) is 51.0 Å².